The van der Waals surface area contributed by atoms with Gasteiger partial charge < -0.3 is 8.98 Å². The van der Waals surface area contributed by atoms with Gasteiger partial charge in [0.2, 0.25) is 0 Å². The Morgan fingerprint density at radius 2 is 2.25 bits per heavy atom. The van der Waals surface area contributed by atoms with Gasteiger partial charge in [-0.25, -0.2) is 9.37 Å². The molecule has 3 nitrogen and oxygen atoms in total. The number of imidazole rings is 1. The van der Waals surface area contributed by atoms with Crippen LogP contribution in [-0.2, 0) is 13.0 Å². The smallest absolute Gasteiger partial charge is 0.139 e. The van der Waals surface area contributed by atoms with Crippen LogP contribution in [0.2, 0.25) is 0 Å². The molecule has 0 radical (unpaired) electrons. The molecule has 0 saturated carbocycles. The average Bonchev–Trinajstić information content (AvgIpc) is 3.02. The van der Waals surface area contributed by atoms with Gasteiger partial charge in [0.05, 0.1) is 28.3 Å². The minimum Gasteiger partial charge on any atom is -0.467 e. The van der Waals surface area contributed by atoms with E-state index in [0.717, 1.165) is 17.1 Å². The van der Waals surface area contributed by atoms with Gasteiger partial charge in [0, 0.05) is 18.4 Å². The predicted octanol–water partition coefficient (Wildman–Crippen LogP) is 4.36. The molecule has 0 unspecified atom stereocenters. The van der Waals surface area contributed by atoms with E-state index < -0.39 is 0 Å². The molecule has 0 N–H and O–H groups in total. The zero-order chi connectivity index (χ0) is 14.1. The van der Waals surface area contributed by atoms with Crippen molar-refractivity contribution in [1.82, 2.24) is 9.55 Å². The second-order valence-corrected chi connectivity index (χ2v) is 5.62. The van der Waals surface area contributed by atoms with Gasteiger partial charge in [-0.1, -0.05) is 0 Å². The van der Waals surface area contributed by atoms with Crippen molar-refractivity contribution in [3.05, 3.63) is 52.4 Å². The average molecular weight is 358 g/mol. The number of alkyl halides is 1. The first-order chi connectivity index (χ1) is 9.69. The lowest BCUT2D eigenvalue weighted by molar-refractivity contribution is 0.492. The van der Waals surface area contributed by atoms with Crippen molar-refractivity contribution >= 4 is 38.6 Å². The molecule has 2 aromatic heterocycles. The molecular weight excluding hydrogens is 347 g/mol. The third kappa shape index (κ3) is 2.47. The number of nitrogens with zero attached hydrogens (tertiary/aromatic N) is 2. The highest BCUT2D eigenvalue weighted by Crippen LogP contribution is 2.25. The molecule has 0 spiro atoms. The summed E-state index contributed by atoms with van der Waals surface area (Å²) in [6.45, 7) is 0.549. The maximum atomic E-state index is 13.6. The Labute approximate surface area is 128 Å². The Morgan fingerprint density at radius 1 is 1.40 bits per heavy atom. The molecule has 0 aliphatic carbocycles. The van der Waals surface area contributed by atoms with Crippen molar-refractivity contribution in [2.45, 2.75) is 13.0 Å². The number of furan rings is 1. The molecule has 20 heavy (non-hydrogen) atoms. The van der Waals surface area contributed by atoms with Crippen LogP contribution in [-0.4, -0.2) is 15.4 Å². The minimum absolute atomic E-state index is 0.322. The van der Waals surface area contributed by atoms with Gasteiger partial charge in [0.25, 0.3) is 0 Å². The summed E-state index contributed by atoms with van der Waals surface area (Å²) >= 11 is 9.03. The number of aryl methyl sites for hydroxylation is 1. The van der Waals surface area contributed by atoms with E-state index in [1.807, 2.05) is 16.7 Å². The van der Waals surface area contributed by atoms with Crippen LogP contribution in [0.15, 0.2) is 39.4 Å². The Balaban J connectivity index is 2.15. The fourth-order valence-corrected chi connectivity index (χ4v) is 2.68. The zero-order valence-electron chi connectivity index (χ0n) is 10.4. The summed E-state index contributed by atoms with van der Waals surface area (Å²) in [4.78, 5) is 4.46. The number of aromatic nitrogens is 2. The molecule has 0 aliphatic heterocycles. The lowest BCUT2D eigenvalue weighted by Gasteiger charge is -2.06. The molecule has 104 valence electrons. The van der Waals surface area contributed by atoms with Crippen LogP contribution in [0.5, 0.6) is 0 Å². The molecule has 0 aliphatic rings. The monoisotopic (exact) mass is 356 g/mol. The highest BCUT2D eigenvalue weighted by molar-refractivity contribution is 9.10. The van der Waals surface area contributed by atoms with Crippen LogP contribution in [0.25, 0.3) is 11.0 Å². The maximum Gasteiger partial charge on any atom is 0.139 e. The summed E-state index contributed by atoms with van der Waals surface area (Å²) in [5, 5.41) is 0. The van der Waals surface area contributed by atoms with Gasteiger partial charge in [-0.15, -0.1) is 11.6 Å². The third-order valence-corrected chi connectivity index (χ3v) is 3.88. The van der Waals surface area contributed by atoms with Crippen molar-refractivity contribution < 1.29 is 8.81 Å². The summed E-state index contributed by atoms with van der Waals surface area (Å²) in [6.07, 6.45) is 2.25. The predicted molar refractivity (Wildman–Crippen MR) is 79.6 cm³/mol. The zero-order valence-corrected chi connectivity index (χ0v) is 12.8. The van der Waals surface area contributed by atoms with Gasteiger partial charge in [0.1, 0.15) is 17.4 Å². The summed E-state index contributed by atoms with van der Waals surface area (Å²) in [6, 6.07) is 6.90. The van der Waals surface area contributed by atoms with Crippen LogP contribution in [0.4, 0.5) is 4.39 Å². The molecular formula is C14H11BrClFN2O. The van der Waals surface area contributed by atoms with Gasteiger partial charge in [-0.3, -0.25) is 0 Å². The topological polar surface area (TPSA) is 31.0 Å². The Hall–Kier alpha value is -1.33. The van der Waals surface area contributed by atoms with E-state index in [0.29, 0.717) is 28.8 Å². The normalized spacial score (nSPS) is 11.3. The van der Waals surface area contributed by atoms with Gasteiger partial charge in [0.15, 0.2) is 0 Å². The number of rotatable bonds is 4. The lowest BCUT2D eigenvalue weighted by Crippen LogP contribution is -2.05. The van der Waals surface area contributed by atoms with E-state index in [2.05, 4.69) is 20.9 Å². The second-order valence-electron chi connectivity index (χ2n) is 4.39. The number of fused-ring (bicyclic) bond motifs is 1. The van der Waals surface area contributed by atoms with Crippen LogP contribution >= 0.6 is 27.5 Å². The number of halogens is 3. The SMILES string of the molecule is Fc1cc2nc(CCCl)n(Cc3ccco3)c2cc1Br. The summed E-state index contributed by atoms with van der Waals surface area (Å²) in [7, 11) is 0. The van der Waals surface area contributed by atoms with E-state index in [1.165, 1.54) is 6.07 Å². The summed E-state index contributed by atoms with van der Waals surface area (Å²) in [5.74, 6) is 1.78. The molecule has 0 atom stereocenters. The number of hydrogen-bond donors (Lipinski definition) is 0. The molecule has 3 aromatic rings. The molecule has 0 amide bonds. The van der Waals surface area contributed by atoms with E-state index in [-0.39, 0.29) is 5.82 Å². The highest BCUT2D eigenvalue weighted by Gasteiger charge is 2.14. The fraction of sp³-hybridized carbons (Fsp3) is 0.214. The summed E-state index contributed by atoms with van der Waals surface area (Å²) in [5.41, 5.74) is 1.48. The van der Waals surface area contributed by atoms with Gasteiger partial charge >= 0.3 is 0 Å². The molecule has 1 aromatic carbocycles. The fourth-order valence-electron chi connectivity index (χ4n) is 2.18. The standard InChI is InChI=1S/C14H11BrClFN2O/c15-10-6-13-12(7-11(10)17)18-14(3-4-16)19(13)8-9-2-1-5-20-9/h1-2,5-7H,3-4,8H2. The van der Waals surface area contributed by atoms with E-state index in [4.69, 9.17) is 16.0 Å². The van der Waals surface area contributed by atoms with Crippen LogP contribution < -0.4 is 0 Å². The molecule has 3 rings (SSSR count). The Morgan fingerprint density at radius 3 is 2.95 bits per heavy atom. The molecule has 6 heteroatoms. The molecule has 2 heterocycles. The minimum atomic E-state index is -0.322. The first-order valence-corrected chi connectivity index (χ1v) is 7.44. The van der Waals surface area contributed by atoms with Crippen LogP contribution in [0.3, 0.4) is 0 Å². The lowest BCUT2D eigenvalue weighted by atomic mass is 10.3. The second kappa shape index (κ2) is 5.58. The van der Waals surface area contributed by atoms with Gasteiger partial charge in [-0.05, 0) is 34.1 Å². The van der Waals surface area contributed by atoms with E-state index >= 15 is 0 Å². The van der Waals surface area contributed by atoms with Crippen molar-refractivity contribution in [3.8, 4) is 0 Å². The largest absolute Gasteiger partial charge is 0.467 e. The number of hydrogen-bond acceptors (Lipinski definition) is 2. The van der Waals surface area contributed by atoms with Gasteiger partial charge in [-0.2, -0.15) is 0 Å². The molecule has 0 bridgehead atoms. The Kier molecular flexibility index (Phi) is 3.81. The van der Waals surface area contributed by atoms with E-state index in [1.54, 1.807) is 12.3 Å². The number of benzene rings is 1. The van der Waals surface area contributed by atoms with Crippen LogP contribution in [0.1, 0.15) is 11.6 Å². The van der Waals surface area contributed by atoms with Crippen molar-refractivity contribution in [3.63, 3.8) is 0 Å². The van der Waals surface area contributed by atoms with Crippen molar-refractivity contribution in [2.75, 3.05) is 5.88 Å². The van der Waals surface area contributed by atoms with E-state index in [9.17, 15) is 4.39 Å². The van der Waals surface area contributed by atoms with Crippen LogP contribution in [0, 0.1) is 5.82 Å². The van der Waals surface area contributed by atoms with Crippen molar-refractivity contribution in [2.24, 2.45) is 0 Å². The summed E-state index contributed by atoms with van der Waals surface area (Å²) < 4.78 is 21.4. The molecule has 0 saturated heterocycles. The highest BCUT2D eigenvalue weighted by atomic mass is 79.9. The maximum absolute atomic E-state index is 13.6. The quantitative estimate of drug-likeness (QED) is 0.650. The van der Waals surface area contributed by atoms with Crippen molar-refractivity contribution in [1.29, 1.82) is 0 Å². The first kappa shape index (κ1) is 13.6. The first-order valence-electron chi connectivity index (χ1n) is 6.11. The third-order valence-electron chi connectivity index (χ3n) is 3.08. The molecule has 0 fully saturated rings. The Bertz CT molecular complexity index is 739.